The number of halogens is 3. The zero-order valence-corrected chi connectivity index (χ0v) is 14.2. The summed E-state index contributed by atoms with van der Waals surface area (Å²) in [5, 5.41) is 5.06. The molecule has 0 fully saturated rings. The molecular formula is C19H14F3NO2S. The first-order valence-corrected chi connectivity index (χ1v) is 9.12. The molecule has 26 heavy (non-hydrogen) atoms. The Balaban J connectivity index is 2.50. The van der Waals surface area contributed by atoms with Crippen molar-refractivity contribution >= 4 is 10.0 Å². The normalized spacial score (nSPS) is 12.2. The predicted molar refractivity (Wildman–Crippen MR) is 93.7 cm³/mol. The van der Waals surface area contributed by atoms with Crippen molar-refractivity contribution in [3.8, 4) is 22.3 Å². The van der Waals surface area contributed by atoms with Gasteiger partial charge in [0.1, 0.15) is 0 Å². The molecule has 2 N–H and O–H groups in total. The molecule has 3 nitrogen and oxygen atoms in total. The molecule has 0 atom stereocenters. The van der Waals surface area contributed by atoms with Gasteiger partial charge in [-0.05, 0) is 22.8 Å². The Hall–Kier alpha value is -2.64. The van der Waals surface area contributed by atoms with E-state index in [1.165, 1.54) is 18.2 Å². The van der Waals surface area contributed by atoms with E-state index in [-0.39, 0.29) is 16.7 Å². The molecule has 0 unspecified atom stereocenters. The summed E-state index contributed by atoms with van der Waals surface area (Å²) < 4.78 is 65.3. The summed E-state index contributed by atoms with van der Waals surface area (Å²) in [6, 6.07) is 18.6. The summed E-state index contributed by atoms with van der Waals surface area (Å²) >= 11 is 0. The third-order valence-corrected chi connectivity index (χ3v) is 4.86. The number of rotatable bonds is 3. The molecule has 0 spiro atoms. The lowest BCUT2D eigenvalue weighted by molar-refractivity contribution is -0.139. The van der Waals surface area contributed by atoms with Crippen LogP contribution in [0.5, 0.6) is 0 Å². The lowest BCUT2D eigenvalue weighted by atomic mass is 9.90. The first kappa shape index (κ1) is 18.2. The van der Waals surface area contributed by atoms with Crippen molar-refractivity contribution in [2.24, 2.45) is 5.14 Å². The molecule has 3 aromatic carbocycles. The first-order valence-electron chi connectivity index (χ1n) is 7.57. The quantitative estimate of drug-likeness (QED) is 0.720. The first-order chi connectivity index (χ1) is 12.2. The molecule has 134 valence electrons. The summed E-state index contributed by atoms with van der Waals surface area (Å²) in [5.41, 5.74) is -0.401. The Morgan fingerprint density at radius 1 is 0.731 bits per heavy atom. The summed E-state index contributed by atoms with van der Waals surface area (Å²) in [7, 11) is -4.57. The van der Waals surface area contributed by atoms with E-state index in [0.717, 1.165) is 6.07 Å². The van der Waals surface area contributed by atoms with Crippen molar-refractivity contribution < 1.29 is 21.6 Å². The molecule has 3 rings (SSSR count). The minimum absolute atomic E-state index is 0.212. The SMILES string of the molecule is NS(=O)(=O)c1ccc(-c2ccccc2)c(-c2ccccc2)c1C(F)(F)F. The van der Waals surface area contributed by atoms with Crippen LogP contribution in [-0.4, -0.2) is 8.42 Å². The standard InChI is InChI=1S/C19H14F3NO2S/c20-19(21,22)18-16(26(23,24)25)12-11-15(13-7-3-1-4-8-13)17(18)14-9-5-2-6-10-14/h1-12H,(H2,23,24,25). The molecule has 0 radical (unpaired) electrons. The lowest BCUT2D eigenvalue weighted by Crippen LogP contribution is -2.20. The minimum Gasteiger partial charge on any atom is -0.225 e. The molecule has 0 aromatic heterocycles. The van der Waals surface area contributed by atoms with Crippen LogP contribution in [0.25, 0.3) is 22.3 Å². The third-order valence-electron chi connectivity index (χ3n) is 3.90. The van der Waals surface area contributed by atoms with E-state index >= 15 is 0 Å². The predicted octanol–water partition coefficient (Wildman–Crippen LogP) is 4.69. The number of alkyl halides is 3. The average molecular weight is 377 g/mol. The summed E-state index contributed by atoms with van der Waals surface area (Å²) in [6.45, 7) is 0. The van der Waals surface area contributed by atoms with Crippen LogP contribution in [0.15, 0.2) is 77.7 Å². The highest BCUT2D eigenvalue weighted by Crippen LogP contribution is 2.45. The van der Waals surface area contributed by atoms with Crippen molar-refractivity contribution in [1.82, 2.24) is 0 Å². The molecule has 0 heterocycles. The van der Waals surface area contributed by atoms with E-state index in [1.54, 1.807) is 48.5 Å². The zero-order chi connectivity index (χ0) is 18.9. The van der Waals surface area contributed by atoms with Gasteiger partial charge in [0.05, 0.1) is 10.5 Å². The molecule has 0 aliphatic carbocycles. The van der Waals surface area contributed by atoms with Crippen molar-refractivity contribution in [2.45, 2.75) is 11.1 Å². The fourth-order valence-corrected chi connectivity index (χ4v) is 3.63. The van der Waals surface area contributed by atoms with Gasteiger partial charge >= 0.3 is 6.18 Å². The van der Waals surface area contributed by atoms with Crippen LogP contribution < -0.4 is 5.14 Å². The molecule has 0 amide bonds. The van der Waals surface area contributed by atoms with Crippen molar-refractivity contribution in [2.75, 3.05) is 0 Å². The molecular weight excluding hydrogens is 363 g/mol. The van der Waals surface area contributed by atoms with Crippen LogP contribution in [0.2, 0.25) is 0 Å². The number of benzene rings is 3. The van der Waals surface area contributed by atoms with Gasteiger partial charge in [0, 0.05) is 5.56 Å². The Morgan fingerprint density at radius 2 is 1.23 bits per heavy atom. The second-order valence-electron chi connectivity index (χ2n) is 5.64. The average Bonchev–Trinajstić information content (AvgIpc) is 2.60. The zero-order valence-electron chi connectivity index (χ0n) is 13.4. The molecule has 0 aliphatic rings. The third kappa shape index (κ3) is 3.49. The van der Waals surface area contributed by atoms with Gasteiger partial charge in [-0.15, -0.1) is 0 Å². The maximum atomic E-state index is 13.9. The summed E-state index contributed by atoms with van der Waals surface area (Å²) in [5.74, 6) is 0. The van der Waals surface area contributed by atoms with Crippen LogP contribution in [0.1, 0.15) is 5.56 Å². The molecule has 0 saturated heterocycles. The number of nitrogens with two attached hydrogens (primary N) is 1. The Kier molecular flexibility index (Phi) is 4.60. The number of hydrogen-bond acceptors (Lipinski definition) is 2. The van der Waals surface area contributed by atoms with Crippen molar-refractivity contribution in [3.63, 3.8) is 0 Å². The lowest BCUT2D eigenvalue weighted by Gasteiger charge is -2.20. The Bertz CT molecular complexity index is 1030. The maximum Gasteiger partial charge on any atom is 0.418 e. The van der Waals surface area contributed by atoms with Crippen LogP contribution >= 0.6 is 0 Å². The van der Waals surface area contributed by atoms with Crippen molar-refractivity contribution in [3.05, 3.63) is 78.4 Å². The van der Waals surface area contributed by atoms with Crippen molar-refractivity contribution in [1.29, 1.82) is 0 Å². The highest BCUT2D eigenvalue weighted by Gasteiger charge is 2.40. The van der Waals surface area contributed by atoms with E-state index in [1.807, 2.05) is 0 Å². The molecule has 3 aromatic rings. The van der Waals surface area contributed by atoms with E-state index in [2.05, 4.69) is 0 Å². The minimum atomic E-state index is -4.91. The van der Waals surface area contributed by atoms with E-state index in [9.17, 15) is 21.6 Å². The summed E-state index contributed by atoms with van der Waals surface area (Å²) in [6.07, 6.45) is -4.91. The van der Waals surface area contributed by atoms with Gasteiger partial charge in [0.25, 0.3) is 0 Å². The summed E-state index contributed by atoms with van der Waals surface area (Å²) in [4.78, 5) is -0.941. The highest BCUT2D eigenvalue weighted by molar-refractivity contribution is 7.89. The van der Waals surface area contributed by atoms with Gasteiger partial charge in [0.2, 0.25) is 10.0 Å². The number of sulfonamides is 1. The molecule has 0 aliphatic heterocycles. The number of hydrogen-bond donors (Lipinski definition) is 1. The Morgan fingerprint density at radius 3 is 1.69 bits per heavy atom. The second-order valence-corrected chi connectivity index (χ2v) is 7.17. The van der Waals surface area contributed by atoms with Crippen LogP contribution in [0.3, 0.4) is 0 Å². The monoisotopic (exact) mass is 377 g/mol. The fraction of sp³-hybridized carbons (Fsp3) is 0.0526. The van der Waals surface area contributed by atoms with Gasteiger partial charge < -0.3 is 0 Å². The van der Waals surface area contributed by atoms with Gasteiger partial charge in [0.15, 0.2) is 0 Å². The smallest absolute Gasteiger partial charge is 0.225 e. The second kappa shape index (κ2) is 6.59. The topological polar surface area (TPSA) is 60.2 Å². The van der Waals surface area contributed by atoms with Crippen LogP contribution in [0.4, 0.5) is 13.2 Å². The van der Waals surface area contributed by atoms with Gasteiger partial charge in [-0.3, -0.25) is 0 Å². The fourth-order valence-electron chi connectivity index (χ4n) is 2.87. The van der Waals surface area contributed by atoms with E-state index in [0.29, 0.717) is 5.56 Å². The Labute approximate surface area is 149 Å². The maximum absolute atomic E-state index is 13.9. The van der Waals surface area contributed by atoms with Gasteiger partial charge in [-0.25, -0.2) is 13.6 Å². The van der Waals surface area contributed by atoms with Crippen LogP contribution in [0, 0.1) is 0 Å². The molecule has 7 heteroatoms. The molecule has 0 bridgehead atoms. The van der Waals surface area contributed by atoms with Gasteiger partial charge in [-0.2, -0.15) is 13.2 Å². The number of primary sulfonamides is 1. The van der Waals surface area contributed by atoms with Crippen LogP contribution in [-0.2, 0) is 16.2 Å². The largest absolute Gasteiger partial charge is 0.418 e. The van der Waals surface area contributed by atoms with E-state index < -0.39 is 26.7 Å². The van der Waals surface area contributed by atoms with Gasteiger partial charge in [-0.1, -0.05) is 66.7 Å². The van der Waals surface area contributed by atoms with E-state index in [4.69, 9.17) is 5.14 Å². The highest BCUT2D eigenvalue weighted by atomic mass is 32.2. The molecule has 0 saturated carbocycles.